The molecule has 1 aliphatic heterocycles. The first-order chi connectivity index (χ1) is 21.4. The van der Waals surface area contributed by atoms with E-state index in [2.05, 4.69) is 20.6 Å². The molecule has 2 aliphatic carbocycles. The molecule has 0 unspecified atom stereocenters. The maximum absolute atomic E-state index is 14.0. The number of H-pyrrole nitrogens is 1. The average molecular weight is 628 g/mol. The number of likely N-dealkylation sites (tertiary alicyclic amines) is 1. The summed E-state index contributed by atoms with van der Waals surface area (Å²) in [6.45, 7) is 5.07. The smallest absolute Gasteiger partial charge is 0.407 e. The van der Waals surface area contributed by atoms with Crippen LogP contribution < -0.4 is 10.6 Å². The number of aromatic carboxylic acids is 1. The normalized spacial score (nSPS) is 25.1. The minimum atomic E-state index is -1.08. The first-order valence-electron chi connectivity index (χ1n) is 16.3. The maximum atomic E-state index is 14.0. The van der Waals surface area contributed by atoms with Crippen LogP contribution in [0.25, 0.3) is 10.9 Å². The van der Waals surface area contributed by atoms with Crippen molar-refractivity contribution in [2.75, 3.05) is 18.5 Å². The summed E-state index contributed by atoms with van der Waals surface area (Å²) in [7, 11) is 0. The van der Waals surface area contributed by atoms with E-state index >= 15 is 0 Å². The van der Waals surface area contributed by atoms with E-state index < -0.39 is 36.4 Å². The number of aromatic amines is 1. The molecule has 0 spiro atoms. The van der Waals surface area contributed by atoms with Crippen LogP contribution in [0, 0.1) is 23.7 Å². The third kappa shape index (κ3) is 7.76. The number of alkyl halides is 1. The van der Waals surface area contributed by atoms with Crippen LogP contribution in [0.15, 0.2) is 18.3 Å². The van der Waals surface area contributed by atoms with Gasteiger partial charge in [0.25, 0.3) is 0 Å². The summed E-state index contributed by atoms with van der Waals surface area (Å²) in [5.41, 5.74) is -0.0962. The lowest BCUT2D eigenvalue weighted by molar-refractivity contribution is -0.142. The van der Waals surface area contributed by atoms with Crippen molar-refractivity contribution < 1.29 is 33.4 Å². The highest BCUT2D eigenvalue weighted by molar-refractivity contribution is 5.99. The molecule has 2 aromatic heterocycles. The van der Waals surface area contributed by atoms with Gasteiger partial charge in [0.2, 0.25) is 11.8 Å². The molecule has 5 rings (SSSR count). The molecule has 3 fully saturated rings. The van der Waals surface area contributed by atoms with Gasteiger partial charge in [-0.2, -0.15) is 0 Å². The van der Waals surface area contributed by atoms with Gasteiger partial charge in [-0.3, -0.25) is 9.59 Å². The highest BCUT2D eigenvalue weighted by Gasteiger charge is 2.47. The first kappa shape index (κ1) is 32.7. The second-order valence-corrected chi connectivity index (χ2v) is 14.0. The number of halogens is 1. The van der Waals surface area contributed by atoms with Crippen molar-refractivity contribution in [2.24, 2.45) is 23.7 Å². The SMILES string of the molecule is CC(C)(C)OC(=O)N[C@H](CF)C1CCC(C(=O)N2CC[C@@H](C3CCCCC3)[C@H]2C(=O)Nc2cc3cc(C(=O)O)[nH]c3cn2)CC1. The molecule has 1 saturated heterocycles. The molecule has 4 N–H and O–H groups in total. The Bertz CT molecular complexity index is 1390. The van der Waals surface area contributed by atoms with Crippen molar-refractivity contribution in [1.29, 1.82) is 0 Å². The first-order valence-corrected chi connectivity index (χ1v) is 16.3. The summed E-state index contributed by atoms with van der Waals surface area (Å²) in [5, 5.41) is 15.5. The van der Waals surface area contributed by atoms with E-state index in [0.717, 1.165) is 32.1 Å². The van der Waals surface area contributed by atoms with Crippen LogP contribution in [-0.4, -0.2) is 74.8 Å². The van der Waals surface area contributed by atoms with E-state index in [1.54, 1.807) is 31.7 Å². The van der Waals surface area contributed by atoms with Gasteiger partial charge >= 0.3 is 12.1 Å². The summed E-state index contributed by atoms with van der Waals surface area (Å²) in [6.07, 6.45) is 9.45. The van der Waals surface area contributed by atoms with Gasteiger partial charge in [-0.1, -0.05) is 32.1 Å². The Morgan fingerprint density at radius 2 is 1.78 bits per heavy atom. The molecule has 3 amide bonds. The molecule has 0 bridgehead atoms. The topological polar surface area (TPSA) is 154 Å². The molecule has 3 atom stereocenters. The highest BCUT2D eigenvalue weighted by atomic mass is 19.1. The van der Waals surface area contributed by atoms with Crippen molar-refractivity contribution in [3.63, 3.8) is 0 Å². The molecule has 2 saturated carbocycles. The fraction of sp³-hybridized carbons (Fsp3) is 0.667. The van der Waals surface area contributed by atoms with E-state index in [4.69, 9.17) is 4.74 Å². The van der Waals surface area contributed by atoms with E-state index in [-0.39, 0.29) is 35.3 Å². The summed E-state index contributed by atoms with van der Waals surface area (Å²) < 4.78 is 19.3. The predicted octanol–water partition coefficient (Wildman–Crippen LogP) is 5.67. The minimum absolute atomic E-state index is 0.0355. The second-order valence-electron chi connectivity index (χ2n) is 14.0. The molecule has 12 heteroatoms. The standard InChI is InChI=1S/C33H46FN5O6/c1-33(2,3)45-32(44)37-25(17-34)20-9-11-21(12-10-20)30(41)39-14-13-23(19-7-5-4-6-8-19)28(39)29(40)38-27-16-22-15-24(31(42)43)36-26(22)18-35-27/h15-16,18-21,23,25,28,36H,4-14,17H2,1-3H3,(H,37,44)(H,42,43)(H,35,38,40)/t20?,21?,23-,25+,28-/m0/s1. The van der Waals surface area contributed by atoms with Gasteiger partial charge in [0.05, 0.1) is 17.8 Å². The van der Waals surface area contributed by atoms with Gasteiger partial charge in [0, 0.05) is 17.8 Å². The lowest BCUT2D eigenvalue weighted by atomic mass is 9.76. The number of nitrogens with zero attached hydrogens (tertiary/aromatic N) is 2. The van der Waals surface area contributed by atoms with Gasteiger partial charge in [-0.15, -0.1) is 0 Å². The van der Waals surface area contributed by atoms with Gasteiger partial charge in [-0.25, -0.2) is 19.0 Å². The van der Waals surface area contributed by atoms with Crippen LogP contribution >= 0.6 is 0 Å². The number of ether oxygens (including phenoxy) is 1. The van der Waals surface area contributed by atoms with Gasteiger partial charge in [0.1, 0.15) is 29.8 Å². The van der Waals surface area contributed by atoms with Crippen LogP contribution in [0.4, 0.5) is 15.0 Å². The number of alkyl carbamates (subject to hydrolysis) is 1. The molecule has 45 heavy (non-hydrogen) atoms. The number of amides is 3. The molecule has 0 radical (unpaired) electrons. The Morgan fingerprint density at radius 1 is 1.07 bits per heavy atom. The Balaban J connectivity index is 1.27. The van der Waals surface area contributed by atoms with Crippen molar-refractivity contribution in [3.8, 4) is 0 Å². The number of hydrogen-bond acceptors (Lipinski definition) is 6. The number of carbonyl (C=O) groups is 4. The summed E-state index contributed by atoms with van der Waals surface area (Å²) >= 11 is 0. The number of pyridine rings is 1. The number of carboxylic acid groups (broad SMARTS) is 1. The average Bonchev–Trinajstić information content (AvgIpc) is 3.64. The Hall–Kier alpha value is -3.70. The van der Waals surface area contributed by atoms with E-state index in [9.17, 15) is 28.7 Å². The van der Waals surface area contributed by atoms with E-state index in [1.807, 2.05) is 0 Å². The van der Waals surface area contributed by atoms with E-state index in [1.165, 1.54) is 18.7 Å². The van der Waals surface area contributed by atoms with Crippen LogP contribution in [0.1, 0.15) is 95.5 Å². The van der Waals surface area contributed by atoms with Crippen LogP contribution in [0.2, 0.25) is 0 Å². The number of nitrogens with one attached hydrogen (secondary N) is 3. The zero-order valence-corrected chi connectivity index (χ0v) is 26.4. The number of rotatable bonds is 8. The number of hydrogen-bond donors (Lipinski definition) is 4. The number of anilines is 1. The molecule has 3 aliphatic rings. The zero-order chi connectivity index (χ0) is 32.3. The molecular formula is C33H46FN5O6. The molecule has 3 heterocycles. The van der Waals surface area contributed by atoms with Crippen LogP contribution in [0.3, 0.4) is 0 Å². The van der Waals surface area contributed by atoms with Crippen molar-refractivity contribution >= 4 is 40.6 Å². The fourth-order valence-corrected chi connectivity index (χ4v) is 7.61. The number of fused-ring (bicyclic) bond motifs is 1. The van der Waals surface area contributed by atoms with Gasteiger partial charge in [0.15, 0.2) is 0 Å². The largest absolute Gasteiger partial charge is 0.477 e. The molecular weight excluding hydrogens is 581 g/mol. The van der Waals surface area contributed by atoms with Gasteiger partial charge in [-0.05, 0) is 82.8 Å². The van der Waals surface area contributed by atoms with Gasteiger partial charge < -0.3 is 30.4 Å². The summed E-state index contributed by atoms with van der Waals surface area (Å²) in [4.78, 5) is 60.5. The zero-order valence-electron chi connectivity index (χ0n) is 26.4. The Labute approximate surface area is 263 Å². The maximum Gasteiger partial charge on any atom is 0.407 e. The Kier molecular flexibility index (Phi) is 9.98. The lowest BCUT2D eigenvalue weighted by Gasteiger charge is -2.37. The van der Waals surface area contributed by atoms with Crippen molar-refractivity contribution in [1.82, 2.24) is 20.2 Å². The minimum Gasteiger partial charge on any atom is -0.477 e. The Morgan fingerprint density at radius 3 is 2.42 bits per heavy atom. The summed E-state index contributed by atoms with van der Waals surface area (Å²) in [6, 6.07) is 1.84. The number of carbonyl (C=O) groups excluding carboxylic acids is 3. The fourth-order valence-electron chi connectivity index (χ4n) is 7.61. The molecule has 11 nitrogen and oxygen atoms in total. The number of aromatic nitrogens is 2. The predicted molar refractivity (Wildman–Crippen MR) is 166 cm³/mol. The molecule has 246 valence electrons. The summed E-state index contributed by atoms with van der Waals surface area (Å²) in [5.74, 6) is -1.04. The third-order valence-electron chi connectivity index (χ3n) is 9.80. The molecule has 0 aromatic carbocycles. The van der Waals surface area contributed by atoms with Crippen molar-refractivity contribution in [3.05, 3.63) is 24.0 Å². The van der Waals surface area contributed by atoms with Crippen LogP contribution in [0.5, 0.6) is 0 Å². The van der Waals surface area contributed by atoms with Crippen molar-refractivity contribution in [2.45, 2.75) is 103 Å². The third-order valence-corrected chi connectivity index (χ3v) is 9.80. The van der Waals surface area contributed by atoms with Crippen LogP contribution in [-0.2, 0) is 14.3 Å². The highest BCUT2D eigenvalue weighted by Crippen LogP contribution is 2.41. The lowest BCUT2D eigenvalue weighted by Crippen LogP contribution is -2.50. The number of carboxylic acids is 1. The van der Waals surface area contributed by atoms with E-state index in [0.29, 0.717) is 54.9 Å². The monoisotopic (exact) mass is 627 g/mol. The molecule has 2 aromatic rings. The second kappa shape index (κ2) is 13.7. The quantitative estimate of drug-likeness (QED) is 0.294.